The highest BCUT2D eigenvalue weighted by molar-refractivity contribution is 5.90. The number of benzene rings is 2. The lowest BCUT2D eigenvalue weighted by Gasteiger charge is -2.16. The summed E-state index contributed by atoms with van der Waals surface area (Å²) in [5.74, 6) is 4.75. The van der Waals surface area contributed by atoms with Crippen molar-refractivity contribution in [2.24, 2.45) is 11.6 Å². The molecule has 7 N–H and O–H groups in total. The van der Waals surface area contributed by atoms with E-state index in [4.69, 9.17) is 16.3 Å². The largest absolute Gasteiger partial charge is 0.442 e. The number of aliphatic hydroxyl groups excluding tert-OH is 1. The first-order chi connectivity index (χ1) is 18.5. The second-order valence-corrected chi connectivity index (χ2v) is 9.33. The Labute approximate surface area is 226 Å². The van der Waals surface area contributed by atoms with Gasteiger partial charge in [-0.3, -0.25) is 14.5 Å². The summed E-state index contributed by atoms with van der Waals surface area (Å²) < 4.78 is 20.2. The zero-order chi connectivity index (χ0) is 28.5. The Bertz CT molecular complexity index is 1210. The fourth-order valence-corrected chi connectivity index (χ4v) is 3.95. The van der Waals surface area contributed by atoms with Crippen LogP contribution in [0.1, 0.15) is 32.3 Å². The van der Waals surface area contributed by atoms with Crippen LogP contribution in [0.4, 0.5) is 14.9 Å². The molecule has 3 rings (SSSR count). The van der Waals surface area contributed by atoms with Crippen LogP contribution < -0.4 is 27.1 Å². The average Bonchev–Trinajstić information content (AvgIpc) is 3.26. The maximum Gasteiger partial charge on any atom is 0.414 e. The number of aliphatic hydroxyl groups is 1. The van der Waals surface area contributed by atoms with Gasteiger partial charge < -0.3 is 31.2 Å². The number of hydrogen-bond donors (Lipinski definition) is 5. The van der Waals surface area contributed by atoms with E-state index in [2.05, 4.69) is 10.6 Å². The van der Waals surface area contributed by atoms with Crippen LogP contribution in [0, 0.1) is 5.82 Å². The first-order valence-electron chi connectivity index (χ1n) is 12.6. The summed E-state index contributed by atoms with van der Waals surface area (Å²) in [6, 6.07) is 11.5. The highest BCUT2D eigenvalue weighted by Crippen LogP contribution is 2.29. The van der Waals surface area contributed by atoms with Gasteiger partial charge in [0.15, 0.2) is 0 Å². The highest BCUT2D eigenvalue weighted by atomic mass is 19.1. The van der Waals surface area contributed by atoms with Crippen LogP contribution in [0.2, 0.25) is 0 Å². The molecule has 2 aromatic carbocycles. The Hall–Kier alpha value is -4.16. The number of nitrogens with one attached hydrogen (secondary N) is 2. The fraction of sp³-hybridized carbons (Fsp3) is 0.370. The van der Waals surface area contributed by atoms with E-state index in [9.17, 15) is 23.9 Å². The minimum absolute atomic E-state index is 0.114. The molecule has 1 aliphatic rings. The van der Waals surface area contributed by atoms with Gasteiger partial charge in [-0.2, -0.15) is 0 Å². The molecule has 1 aliphatic heterocycles. The normalized spacial score (nSPS) is 16.0. The maximum atomic E-state index is 15.0. The first kappa shape index (κ1) is 29.4. The van der Waals surface area contributed by atoms with Crippen molar-refractivity contribution in [2.75, 3.05) is 24.5 Å². The van der Waals surface area contributed by atoms with Crippen molar-refractivity contribution >= 4 is 23.6 Å². The molecule has 0 aromatic heterocycles. The van der Waals surface area contributed by atoms with Crippen molar-refractivity contribution in [3.8, 4) is 11.1 Å². The van der Waals surface area contributed by atoms with Crippen LogP contribution in [0.3, 0.4) is 0 Å². The number of amides is 3. The van der Waals surface area contributed by atoms with Gasteiger partial charge in [0, 0.05) is 37.3 Å². The molecule has 0 saturated carbocycles. The zero-order valence-corrected chi connectivity index (χ0v) is 22.0. The number of halogens is 1. The number of nitrogens with two attached hydrogens (primary N) is 2. The van der Waals surface area contributed by atoms with Crippen molar-refractivity contribution in [3.05, 3.63) is 65.7 Å². The number of ether oxygens (including phenoxy) is 1. The van der Waals surface area contributed by atoms with Crippen LogP contribution in [-0.2, 0) is 20.9 Å². The molecular formula is C27H35FN6O5. The topological polar surface area (TPSA) is 163 Å². The number of carbonyl (C=O) groups excluding carboxylic acids is 3. The van der Waals surface area contributed by atoms with Crippen LogP contribution in [0.15, 0.2) is 54.4 Å². The highest BCUT2D eigenvalue weighted by Gasteiger charge is 2.32. The minimum atomic E-state index is -0.601. The van der Waals surface area contributed by atoms with Gasteiger partial charge in [-0.15, -0.1) is 0 Å². The quantitative estimate of drug-likeness (QED) is 0.200. The van der Waals surface area contributed by atoms with E-state index < -0.39 is 24.1 Å². The van der Waals surface area contributed by atoms with E-state index >= 15 is 0 Å². The Morgan fingerprint density at radius 1 is 1.26 bits per heavy atom. The molecule has 0 bridgehead atoms. The van der Waals surface area contributed by atoms with Gasteiger partial charge in [-0.1, -0.05) is 31.2 Å². The molecule has 0 spiro atoms. The molecular weight excluding hydrogens is 507 g/mol. The van der Waals surface area contributed by atoms with Crippen molar-refractivity contribution in [1.82, 2.24) is 15.6 Å². The Kier molecular flexibility index (Phi) is 10.2. The molecule has 3 amide bonds. The molecule has 0 aliphatic carbocycles. The first-order valence-corrected chi connectivity index (χ1v) is 12.6. The number of cyclic esters (lactones) is 1. The monoisotopic (exact) mass is 542 g/mol. The lowest BCUT2D eigenvalue weighted by Crippen LogP contribution is -2.38. The van der Waals surface area contributed by atoms with E-state index in [1.165, 1.54) is 24.1 Å². The van der Waals surface area contributed by atoms with Gasteiger partial charge >= 0.3 is 6.09 Å². The van der Waals surface area contributed by atoms with Gasteiger partial charge in [0.25, 0.3) is 0 Å². The number of carbonyl (C=O) groups is 3. The third-order valence-electron chi connectivity index (χ3n) is 6.07. The standard InChI is InChI=1S/C27H35FN6O5/c1-3-22(36)10-20(29)14-33(30)16-26(37)32-12-18-4-6-19(7-5-18)24-9-8-21(11-25(24)28)34-15-23(39-27(34)38)13-31-17(2)35/h4-9,11,14,22-23,36H,3,10,12-13,15-16,29-30H2,1-2H3,(H,31,35)(H,32,37)/b20-14-. The lowest BCUT2D eigenvalue weighted by molar-refractivity contribution is -0.122. The predicted molar refractivity (Wildman–Crippen MR) is 144 cm³/mol. The average molecular weight is 543 g/mol. The summed E-state index contributed by atoms with van der Waals surface area (Å²) >= 11 is 0. The number of nitrogens with zero attached hydrogens (tertiary/aromatic N) is 2. The molecule has 11 nitrogen and oxygen atoms in total. The summed E-state index contributed by atoms with van der Waals surface area (Å²) in [4.78, 5) is 36.8. The van der Waals surface area contributed by atoms with Crippen molar-refractivity contribution in [1.29, 1.82) is 0 Å². The van der Waals surface area contributed by atoms with Gasteiger partial charge in [0.05, 0.1) is 24.9 Å². The molecule has 39 heavy (non-hydrogen) atoms. The molecule has 0 radical (unpaired) electrons. The van der Waals surface area contributed by atoms with Gasteiger partial charge in [0.1, 0.15) is 18.5 Å². The third kappa shape index (κ3) is 8.69. The minimum Gasteiger partial charge on any atom is -0.442 e. The fourth-order valence-electron chi connectivity index (χ4n) is 3.95. The number of rotatable bonds is 12. The second kappa shape index (κ2) is 13.6. The SMILES string of the molecule is CCC(O)C/C(N)=C/N(N)CC(=O)NCc1ccc(-c2ccc(N3CC(CNC(C)=O)OC3=O)cc2F)cc1. The molecule has 2 atom stereocenters. The third-order valence-corrected chi connectivity index (χ3v) is 6.07. The van der Waals surface area contributed by atoms with E-state index in [1.807, 2.05) is 6.92 Å². The smallest absolute Gasteiger partial charge is 0.414 e. The van der Waals surface area contributed by atoms with Gasteiger partial charge in [-0.05, 0) is 35.7 Å². The van der Waals surface area contributed by atoms with Crippen molar-refractivity contribution in [3.63, 3.8) is 0 Å². The van der Waals surface area contributed by atoms with Crippen LogP contribution >= 0.6 is 0 Å². The molecule has 2 unspecified atom stereocenters. The summed E-state index contributed by atoms with van der Waals surface area (Å²) in [6.45, 7) is 3.73. The summed E-state index contributed by atoms with van der Waals surface area (Å²) in [5.41, 5.74) is 8.35. The number of hydrogen-bond acceptors (Lipinski definition) is 8. The summed E-state index contributed by atoms with van der Waals surface area (Å²) in [6.07, 6.45) is 0.581. The van der Waals surface area contributed by atoms with E-state index in [1.54, 1.807) is 36.4 Å². The molecule has 210 valence electrons. The molecule has 12 heteroatoms. The maximum absolute atomic E-state index is 15.0. The lowest BCUT2D eigenvalue weighted by atomic mass is 10.0. The molecule has 2 aromatic rings. The summed E-state index contributed by atoms with van der Waals surface area (Å²) in [5, 5.41) is 16.2. The number of hydrazine groups is 1. The number of anilines is 1. The Morgan fingerprint density at radius 2 is 1.97 bits per heavy atom. The van der Waals surface area contributed by atoms with E-state index in [0.29, 0.717) is 28.9 Å². The Balaban J connectivity index is 1.54. The van der Waals surface area contributed by atoms with Crippen LogP contribution in [0.5, 0.6) is 0 Å². The molecule has 1 heterocycles. The second-order valence-electron chi connectivity index (χ2n) is 9.33. The van der Waals surface area contributed by atoms with E-state index in [0.717, 1.165) is 10.6 Å². The van der Waals surface area contributed by atoms with Crippen LogP contribution in [-0.4, -0.2) is 59.9 Å². The Morgan fingerprint density at radius 3 is 2.62 bits per heavy atom. The van der Waals surface area contributed by atoms with Crippen LogP contribution in [0.25, 0.3) is 11.1 Å². The summed E-state index contributed by atoms with van der Waals surface area (Å²) in [7, 11) is 0. The molecule has 1 saturated heterocycles. The van der Waals surface area contributed by atoms with Crippen molar-refractivity contribution in [2.45, 2.75) is 45.4 Å². The van der Waals surface area contributed by atoms with Crippen molar-refractivity contribution < 1.29 is 28.6 Å². The predicted octanol–water partition coefficient (Wildman–Crippen LogP) is 1.71. The van der Waals surface area contributed by atoms with Gasteiger partial charge in [-0.25, -0.2) is 15.0 Å². The van der Waals surface area contributed by atoms with Gasteiger partial charge in [0.2, 0.25) is 11.8 Å². The zero-order valence-electron chi connectivity index (χ0n) is 22.0. The molecule has 1 fully saturated rings. The van der Waals surface area contributed by atoms with E-state index in [-0.39, 0.29) is 44.4 Å².